The van der Waals surface area contributed by atoms with Crippen LogP contribution in [0, 0.1) is 0 Å². The fourth-order valence-corrected chi connectivity index (χ4v) is 1.61. The van der Waals surface area contributed by atoms with E-state index >= 15 is 0 Å². The lowest BCUT2D eigenvalue weighted by molar-refractivity contribution is -0.148. The number of carbonyl (C=O) groups is 1. The van der Waals surface area contributed by atoms with Crippen molar-refractivity contribution in [3.8, 4) is 0 Å². The van der Waals surface area contributed by atoms with Gasteiger partial charge in [0.15, 0.2) is 0 Å². The molecule has 2 N–H and O–H groups in total. The van der Waals surface area contributed by atoms with Gasteiger partial charge >= 0.3 is 0 Å². The number of amides is 1. The molecule has 1 atom stereocenters. The van der Waals surface area contributed by atoms with E-state index in [9.17, 15) is 4.79 Å². The van der Waals surface area contributed by atoms with Gasteiger partial charge in [0.1, 0.15) is 6.61 Å². The van der Waals surface area contributed by atoms with Crippen LogP contribution in [0.25, 0.3) is 0 Å². The maximum absolute atomic E-state index is 11.5. The molecule has 0 saturated carbocycles. The zero-order valence-corrected chi connectivity index (χ0v) is 10.1. The van der Waals surface area contributed by atoms with Gasteiger partial charge in [-0.2, -0.15) is 0 Å². The van der Waals surface area contributed by atoms with Crippen molar-refractivity contribution >= 4 is 5.91 Å². The van der Waals surface area contributed by atoms with Gasteiger partial charge in [0.05, 0.1) is 12.2 Å². The van der Waals surface area contributed by atoms with Crippen molar-refractivity contribution < 1.29 is 14.3 Å². The lowest BCUT2D eigenvalue weighted by Gasteiger charge is -2.32. The summed E-state index contributed by atoms with van der Waals surface area (Å²) < 4.78 is 10.7. The van der Waals surface area contributed by atoms with Crippen LogP contribution in [0.4, 0.5) is 0 Å². The summed E-state index contributed by atoms with van der Waals surface area (Å²) in [5, 5.41) is 0. The monoisotopic (exact) mass is 230 g/mol. The first kappa shape index (κ1) is 13.4. The molecule has 0 radical (unpaired) electrons. The topological polar surface area (TPSA) is 64.8 Å². The van der Waals surface area contributed by atoms with E-state index in [1.54, 1.807) is 0 Å². The van der Waals surface area contributed by atoms with E-state index in [0.717, 1.165) is 13.0 Å². The molecular weight excluding hydrogens is 208 g/mol. The Kier molecular flexibility index (Phi) is 5.73. The number of ether oxygens (including phenoxy) is 2. The highest BCUT2D eigenvalue weighted by atomic mass is 16.5. The maximum atomic E-state index is 11.5. The smallest absolute Gasteiger partial charge is 0.248 e. The summed E-state index contributed by atoms with van der Waals surface area (Å²) in [7, 11) is 0. The van der Waals surface area contributed by atoms with Crippen LogP contribution in [0.1, 0.15) is 20.3 Å². The minimum atomic E-state index is -0.0104. The van der Waals surface area contributed by atoms with Crippen LogP contribution in [0.15, 0.2) is 0 Å². The van der Waals surface area contributed by atoms with Gasteiger partial charge in [-0.3, -0.25) is 4.79 Å². The molecule has 1 unspecified atom stereocenters. The van der Waals surface area contributed by atoms with E-state index in [4.69, 9.17) is 15.2 Å². The van der Waals surface area contributed by atoms with Crippen molar-refractivity contribution in [3.05, 3.63) is 0 Å². The Morgan fingerprint density at radius 2 is 2.38 bits per heavy atom. The number of carbonyl (C=O) groups excluding carboxylic acids is 1. The van der Waals surface area contributed by atoms with Crippen LogP contribution >= 0.6 is 0 Å². The zero-order chi connectivity index (χ0) is 12.0. The molecule has 1 rings (SSSR count). The number of hydrogen-bond acceptors (Lipinski definition) is 4. The fourth-order valence-electron chi connectivity index (χ4n) is 1.61. The third-order valence-electron chi connectivity index (χ3n) is 2.51. The lowest BCUT2D eigenvalue weighted by atomic mass is 10.2. The molecule has 1 heterocycles. The molecule has 1 aliphatic rings. The Bertz CT molecular complexity index is 221. The van der Waals surface area contributed by atoms with Gasteiger partial charge in [0.2, 0.25) is 5.91 Å². The molecule has 16 heavy (non-hydrogen) atoms. The van der Waals surface area contributed by atoms with Crippen LogP contribution in [0.3, 0.4) is 0 Å². The second-order valence-electron chi connectivity index (χ2n) is 4.28. The van der Waals surface area contributed by atoms with Crippen molar-refractivity contribution in [3.63, 3.8) is 0 Å². The molecule has 1 fully saturated rings. The Morgan fingerprint density at radius 1 is 1.62 bits per heavy atom. The van der Waals surface area contributed by atoms with Crippen LogP contribution in [-0.2, 0) is 14.3 Å². The zero-order valence-electron chi connectivity index (χ0n) is 10.1. The summed E-state index contributed by atoms with van der Waals surface area (Å²) in [6, 6.07) is 0. The fraction of sp³-hybridized carbons (Fsp3) is 0.909. The average Bonchev–Trinajstić information content (AvgIpc) is 2.26. The average molecular weight is 230 g/mol. The summed E-state index contributed by atoms with van der Waals surface area (Å²) in [4.78, 5) is 13.3. The second kappa shape index (κ2) is 6.83. The van der Waals surface area contributed by atoms with Crippen molar-refractivity contribution in [2.75, 3.05) is 32.8 Å². The molecule has 0 aromatic heterocycles. The Morgan fingerprint density at radius 3 is 3.00 bits per heavy atom. The van der Waals surface area contributed by atoms with Gasteiger partial charge in [0, 0.05) is 26.2 Å². The molecule has 0 bridgehead atoms. The third kappa shape index (κ3) is 4.47. The van der Waals surface area contributed by atoms with Crippen LogP contribution in [-0.4, -0.2) is 55.9 Å². The molecule has 5 heteroatoms. The number of nitrogens with zero attached hydrogens (tertiary/aromatic N) is 1. The third-order valence-corrected chi connectivity index (χ3v) is 2.51. The van der Waals surface area contributed by atoms with Crippen molar-refractivity contribution in [1.82, 2.24) is 4.90 Å². The minimum Gasteiger partial charge on any atom is -0.379 e. The van der Waals surface area contributed by atoms with Crippen LogP contribution in [0.5, 0.6) is 0 Å². The molecule has 1 amide bonds. The Labute approximate surface area is 96.9 Å². The van der Waals surface area contributed by atoms with E-state index in [1.165, 1.54) is 0 Å². The molecule has 1 aliphatic heterocycles. The van der Waals surface area contributed by atoms with Gasteiger partial charge < -0.3 is 20.1 Å². The maximum Gasteiger partial charge on any atom is 0.248 e. The summed E-state index contributed by atoms with van der Waals surface area (Å²) in [6.45, 7) is 6.66. The van der Waals surface area contributed by atoms with Gasteiger partial charge in [-0.25, -0.2) is 0 Å². The van der Waals surface area contributed by atoms with Crippen molar-refractivity contribution in [2.24, 2.45) is 5.73 Å². The van der Waals surface area contributed by atoms with Crippen molar-refractivity contribution in [1.29, 1.82) is 0 Å². The first-order valence-corrected chi connectivity index (χ1v) is 5.84. The normalized spacial score (nSPS) is 21.9. The lowest BCUT2D eigenvalue weighted by Crippen LogP contribution is -2.49. The summed E-state index contributed by atoms with van der Waals surface area (Å²) in [5.41, 5.74) is 5.52. The van der Waals surface area contributed by atoms with E-state index in [0.29, 0.717) is 19.7 Å². The number of hydrogen-bond donors (Lipinski definition) is 1. The van der Waals surface area contributed by atoms with E-state index in [2.05, 4.69) is 0 Å². The van der Waals surface area contributed by atoms with E-state index in [1.807, 2.05) is 18.7 Å². The van der Waals surface area contributed by atoms with Gasteiger partial charge in [0.25, 0.3) is 0 Å². The number of morpholine rings is 1. The Hall–Kier alpha value is -0.650. The van der Waals surface area contributed by atoms with Gasteiger partial charge in [-0.15, -0.1) is 0 Å². The summed E-state index contributed by atoms with van der Waals surface area (Å²) in [6.07, 6.45) is 1.10. The number of rotatable bonds is 6. The highest BCUT2D eigenvalue weighted by molar-refractivity contribution is 5.78. The SMILES string of the molecule is CC(C)OCCCN1CC(CN)OCC1=O. The van der Waals surface area contributed by atoms with E-state index in [-0.39, 0.29) is 24.7 Å². The minimum absolute atomic E-state index is 0.0104. The van der Waals surface area contributed by atoms with Crippen molar-refractivity contribution in [2.45, 2.75) is 32.5 Å². The standard InChI is InChI=1S/C11H22N2O3/c1-9(2)15-5-3-4-13-7-10(6-12)16-8-11(13)14/h9-10H,3-8,12H2,1-2H3. The van der Waals surface area contributed by atoms with Gasteiger partial charge in [-0.1, -0.05) is 0 Å². The second-order valence-corrected chi connectivity index (χ2v) is 4.28. The van der Waals surface area contributed by atoms with E-state index < -0.39 is 0 Å². The molecule has 0 aromatic carbocycles. The quantitative estimate of drug-likeness (QED) is 0.652. The molecule has 94 valence electrons. The van der Waals surface area contributed by atoms with Gasteiger partial charge in [-0.05, 0) is 20.3 Å². The molecule has 0 aliphatic carbocycles. The Balaban J connectivity index is 2.21. The molecule has 5 nitrogen and oxygen atoms in total. The molecule has 0 spiro atoms. The molecule has 1 saturated heterocycles. The predicted octanol–water partition coefficient (Wildman–Crippen LogP) is -0.0124. The summed E-state index contributed by atoms with van der Waals surface area (Å²) in [5.74, 6) is 0.0502. The highest BCUT2D eigenvalue weighted by Gasteiger charge is 2.24. The molecule has 0 aromatic rings. The van der Waals surface area contributed by atoms with Crippen LogP contribution in [0.2, 0.25) is 0 Å². The molecular formula is C11H22N2O3. The summed E-state index contributed by atoms with van der Waals surface area (Å²) >= 11 is 0. The first-order chi connectivity index (χ1) is 7.63. The van der Waals surface area contributed by atoms with Crippen LogP contribution < -0.4 is 5.73 Å². The predicted molar refractivity (Wildman–Crippen MR) is 61.1 cm³/mol. The number of nitrogens with two attached hydrogens (primary N) is 1. The highest BCUT2D eigenvalue weighted by Crippen LogP contribution is 2.06. The largest absolute Gasteiger partial charge is 0.379 e. The first-order valence-electron chi connectivity index (χ1n) is 5.84.